The SMILES string of the molecule is Cc1cccc([C@H]2C[C@@H]2C(=O)Nc2ccc(OCCC(N)=O)cc2)c1. The van der Waals surface area contributed by atoms with Crippen molar-refractivity contribution in [3.8, 4) is 5.75 Å². The van der Waals surface area contributed by atoms with Gasteiger partial charge >= 0.3 is 0 Å². The van der Waals surface area contributed by atoms with E-state index in [1.807, 2.05) is 6.07 Å². The molecule has 0 saturated heterocycles. The van der Waals surface area contributed by atoms with Crippen molar-refractivity contribution in [3.63, 3.8) is 0 Å². The van der Waals surface area contributed by atoms with Gasteiger partial charge in [-0.05, 0) is 49.1 Å². The lowest BCUT2D eigenvalue weighted by atomic mass is 10.1. The maximum absolute atomic E-state index is 12.4. The molecule has 0 unspecified atom stereocenters. The predicted octanol–water partition coefficient (Wildman–Crippen LogP) is 2.99. The van der Waals surface area contributed by atoms with E-state index in [1.54, 1.807) is 24.3 Å². The molecule has 130 valence electrons. The quantitative estimate of drug-likeness (QED) is 0.814. The zero-order valence-corrected chi connectivity index (χ0v) is 14.2. The number of hydrogen-bond acceptors (Lipinski definition) is 3. The number of primary amides is 1. The number of ether oxygens (including phenoxy) is 1. The third kappa shape index (κ3) is 4.59. The zero-order chi connectivity index (χ0) is 17.8. The van der Waals surface area contributed by atoms with Gasteiger partial charge in [-0.25, -0.2) is 0 Å². The fourth-order valence-corrected chi connectivity index (χ4v) is 2.89. The molecule has 0 aromatic heterocycles. The molecule has 1 aliphatic rings. The molecule has 2 aromatic rings. The van der Waals surface area contributed by atoms with E-state index in [-0.39, 0.29) is 24.9 Å². The minimum atomic E-state index is -0.392. The highest BCUT2D eigenvalue weighted by Crippen LogP contribution is 2.48. The normalized spacial score (nSPS) is 18.4. The standard InChI is InChI=1S/C20H22N2O3/c1-13-3-2-4-14(11-13)17-12-18(17)20(24)22-15-5-7-16(8-6-15)25-10-9-19(21)23/h2-8,11,17-18H,9-10,12H2,1H3,(H2,21,23)(H,22,24)/t17-,18+/m1/s1. The van der Waals surface area contributed by atoms with Crippen LogP contribution in [0.1, 0.15) is 29.9 Å². The van der Waals surface area contributed by atoms with Gasteiger partial charge in [-0.1, -0.05) is 29.8 Å². The molecule has 2 aromatic carbocycles. The van der Waals surface area contributed by atoms with Crippen molar-refractivity contribution >= 4 is 17.5 Å². The summed E-state index contributed by atoms with van der Waals surface area (Å²) in [5.74, 6) is 0.651. The Labute approximate surface area is 147 Å². The average molecular weight is 338 g/mol. The number of rotatable bonds is 7. The number of amides is 2. The number of anilines is 1. The van der Waals surface area contributed by atoms with Gasteiger partial charge in [0.1, 0.15) is 5.75 Å². The number of nitrogens with one attached hydrogen (secondary N) is 1. The Balaban J connectivity index is 1.51. The van der Waals surface area contributed by atoms with Crippen LogP contribution in [0.4, 0.5) is 5.69 Å². The van der Waals surface area contributed by atoms with Crippen LogP contribution in [0.5, 0.6) is 5.75 Å². The van der Waals surface area contributed by atoms with Crippen molar-refractivity contribution in [3.05, 3.63) is 59.7 Å². The fourth-order valence-electron chi connectivity index (χ4n) is 2.89. The highest BCUT2D eigenvalue weighted by Gasteiger charge is 2.43. The monoisotopic (exact) mass is 338 g/mol. The largest absolute Gasteiger partial charge is 0.493 e. The Kier molecular flexibility index (Phi) is 5.03. The molecule has 5 nitrogen and oxygen atoms in total. The van der Waals surface area contributed by atoms with Crippen LogP contribution in [0.3, 0.4) is 0 Å². The fraction of sp³-hybridized carbons (Fsp3) is 0.300. The molecule has 1 aliphatic carbocycles. The van der Waals surface area contributed by atoms with Crippen LogP contribution in [-0.4, -0.2) is 18.4 Å². The molecule has 3 N–H and O–H groups in total. The van der Waals surface area contributed by atoms with Crippen molar-refractivity contribution in [1.82, 2.24) is 0 Å². The maximum atomic E-state index is 12.4. The molecule has 1 saturated carbocycles. The molecule has 5 heteroatoms. The first kappa shape index (κ1) is 17.0. The first-order valence-electron chi connectivity index (χ1n) is 8.41. The third-order valence-electron chi connectivity index (χ3n) is 4.34. The van der Waals surface area contributed by atoms with Crippen molar-refractivity contribution < 1.29 is 14.3 Å². The van der Waals surface area contributed by atoms with E-state index in [0.29, 0.717) is 11.7 Å². The van der Waals surface area contributed by atoms with Crippen LogP contribution in [0.15, 0.2) is 48.5 Å². The second kappa shape index (κ2) is 7.38. The second-order valence-corrected chi connectivity index (χ2v) is 6.44. The summed E-state index contributed by atoms with van der Waals surface area (Å²) in [7, 11) is 0. The summed E-state index contributed by atoms with van der Waals surface area (Å²) in [5.41, 5.74) is 8.26. The van der Waals surface area contributed by atoms with Crippen molar-refractivity contribution in [1.29, 1.82) is 0 Å². The van der Waals surface area contributed by atoms with Gasteiger partial charge in [0.15, 0.2) is 0 Å². The lowest BCUT2D eigenvalue weighted by Crippen LogP contribution is -2.15. The Hall–Kier alpha value is -2.82. The molecule has 3 rings (SSSR count). The Bertz CT molecular complexity index is 771. The second-order valence-electron chi connectivity index (χ2n) is 6.44. The average Bonchev–Trinajstić information content (AvgIpc) is 3.37. The van der Waals surface area contributed by atoms with Crippen LogP contribution in [0.2, 0.25) is 0 Å². The van der Waals surface area contributed by atoms with Crippen molar-refractivity contribution in [2.24, 2.45) is 11.7 Å². The summed E-state index contributed by atoms with van der Waals surface area (Å²) in [6.45, 7) is 2.31. The molecule has 0 radical (unpaired) electrons. The highest BCUT2D eigenvalue weighted by molar-refractivity contribution is 5.95. The summed E-state index contributed by atoms with van der Waals surface area (Å²) in [6, 6.07) is 15.5. The van der Waals surface area contributed by atoms with Gasteiger partial charge in [0.25, 0.3) is 0 Å². The van der Waals surface area contributed by atoms with Gasteiger partial charge in [0.2, 0.25) is 11.8 Å². The van der Waals surface area contributed by atoms with Gasteiger partial charge in [-0.3, -0.25) is 9.59 Å². The number of carbonyl (C=O) groups is 2. The molecule has 0 heterocycles. The maximum Gasteiger partial charge on any atom is 0.228 e. The number of nitrogens with two attached hydrogens (primary N) is 1. The van der Waals surface area contributed by atoms with Gasteiger partial charge in [0.05, 0.1) is 13.0 Å². The van der Waals surface area contributed by atoms with E-state index in [9.17, 15) is 9.59 Å². The van der Waals surface area contributed by atoms with Crippen molar-refractivity contribution in [2.45, 2.75) is 25.7 Å². The highest BCUT2D eigenvalue weighted by atomic mass is 16.5. The summed E-state index contributed by atoms with van der Waals surface area (Å²) in [6.07, 6.45) is 1.07. The molecule has 25 heavy (non-hydrogen) atoms. The first-order chi connectivity index (χ1) is 12.0. The van der Waals surface area contributed by atoms with Gasteiger partial charge in [-0.15, -0.1) is 0 Å². The predicted molar refractivity (Wildman–Crippen MR) is 96.4 cm³/mol. The number of benzene rings is 2. The molecule has 2 atom stereocenters. The van der Waals surface area contributed by atoms with Crippen LogP contribution >= 0.6 is 0 Å². The topological polar surface area (TPSA) is 81.4 Å². The molecule has 0 aliphatic heterocycles. The lowest BCUT2D eigenvalue weighted by Gasteiger charge is -2.08. The van der Waals surface area contributed by atoms with E-state index in [2.05, 4.69) is 30.4 Å². The number of carbonyl (C=O) groups excluding carboxylic acids is 2. The summed E-state index contributed by atoms with van der Waals surface area (Å²) in [4.78, 5) is 23.1. The first-order valence-corrected chi connectivity index (χ1v) is 8.41. The zero-order valence-electron chi connectivity index (χ0n) is 14.2. The van der Waals surface area contributed by atoms with Crippen LogP contribution in [0, 0.1) is 12.8 Å². The molecule has 0 bridgehead atoms. The van der Waals surface area contributed by atoms with Crippen LogP contribution in [0.25, 0.3) is 0 Å². The van der Waals surface area contributed by atoms with E-state index in [4.69, 9.17) is 10.5 Å². The molecular weight excluding hydrogens is 316 g/mol. The number of hydrogen-bond donors (Lipinski definition) is 2. The molecule has 2 amide bonds. The third-order valence-corrected chi connectivity index (χ3v) is 4.34. The lowest BCUT2D eigenvalue weighted by molar-refractivity contribution is -0.118. The van der Waals surface area contributed by atoms with E-state index < -0.39 is 5.91 Å². The molecular formula is C20H22N2O3. The molecule has 1 fully saturated rings. The van der Waals surface area contributed by atoms with Crippen molar-refractivity contribution in [2.75, 3.05) is 11.9 Å². The van der Waals surface area contributed by atoms with E-state index in [0.717, 1.165) is 12.1 Å². The van der Waals surface area contributed by atoms with Gasteiger partial charge < -0.3 is 15.8 Å². The Morgan fingerprint density at radius 2 is 1.96 bits per heavy atom. The van der Waals surface area contributed by atoms with Gasteiger partial charge in [-0.2, -0.15) is 0 Å². The Morgan fingerprint density at radius 1 is 1.20 bits per heavy atom. The minimum Gasteiger partial charge on any atom is -0.493 e. The van der Waals surface area contributed by atoms with E-state index in [1.165, 1.54) is 11.1 Å². The van der Waals surface area contributed by atoms with Gasteiger partial charge in [0, 0.05) is 11.6 Å². The van der Waals surface area contributed by atoms with E-state index >= 15 is 0 Å². The van der Waals surface area contributed by atoms with Crippen LogP contribution in [-0.2, 0) is 9.59 Å². The molecule has 0 spiro atoms. The number of aryl methyl sites for hydroxylation is 1. The minimum absolute atomic E-state index is 0.0355. The summed E-state index contributed by atoms with van der Waals surface area (Å²) >= 11 is 0. The van der Waals surface area contributed by atoms with Crippen LogP contribution < -0.4 is 15.8 Å². The summed E-state index contributed by atoms with van der Waals surface area (Å²) in [5, 5.41) is 2.95. The Morgan fingerprint density at radius 3 is 2.64 bits per heavy atom. The summed E-state index contributed by atoms with van der Waals surface area (Å²) < 4.78 is 5.41. The smallest absolute Gasteiger partial charge is 0.228 e.